The molecule has 0 aliphatic carbocycles. The van der Waals surface area contributed by atoms with Gasteiger partial charge in [0.15, 0.2) is 5.16 Å². The van der Waals surface area contributed by atoms with E-state index in [0.717, 1.165) is 11.3 Å². The van der Waals surface area contributed by atoms with Crippen molar-refractivity contribution in [3.63, 3.8) is 0 Å². The maximum atomic E-state index is 11.8. The van der Waals surface area contributed by atoms with Crippen LogP contribution in [0.25, 0.3) is 16.9 Å². The Kier molecular flexibility index (Phi) is 6.10. The lowest BCUT2D eigenvalue weighted by Gasteiger charge is -2.12. The number of hydrogen-bond donors (Lipinski definition) is 0. The van der Waals surface area contributed by atoms with Crippen LogP contribution in [0.15, 0.2) is 59.9 Å². The Morgan fingerprint density at radius 1 is 1.25 bits per heavy atom. The number of aryl methyl sites for hydroxylation is 1. The van der Waals surface area contributed by atoms with Gasteiger partial charge in [0.05, 0.1) is 29.2 Å². The fraction of sp³-hybridized carbons (Fsp3) is 0.200. The predicted octanol–water partition coefficient (Wildman–Crippen LogP) is 4.41. The van der Waals surface area contributed by atoms with Gasteiger partial charge < -0.3 is 4.74 Å². The Hall–Kier alpha value is -3.13. The number of nitro benzene ring substituents is 1. The molecule has 7 nitrogen and oxygen atoms in total. The molecule has 0 bridgehead atoms. The first-order chi connectivity index (χ1) is 13.5. The first-order valence-corrected chi connectivity index (χ1v) is 9.66. The van der Waals surface area contributed by atoms with Crippen molar-refractivity contribution in [2.75, 3.05) is 12.4 Å². The van der Waals surface area contributed by atoms with Crippen molar-refractivity contribution in [1.82, 2.24) is 9.55 Å². The number of aromatic nitrogens is 2. The van der Waals surface area contributed by atoms with E-state index in [1.807, 2.05) is 35.8 Å². The van der Waals surface area contributed by atoms with E-state index in [4.69, 9.17) is 4.74 Å². The van der Waals surface area contributed by atoms with Crippen molar-refractivity contribution in [2.24, 2.45) is 0 Å². The van der Waals surface area contributed by atoms with E-state index >= 15 is 0 Å². The molecule has 0 radical (unpaired) electrons. The van der Waals surface area contributed by atoms with Gasteiger partial charge in [0, 0.05) is 23.4 Å². The molecule has 0 aliphatic heterocycles. The molecule has 1 heterocycles. The summed E-state index contributed by atoms with van der Waals surface area (Å²) in [5, 5.41) is 11.8. The normalized spacial score (nSPS) is 10.6. The largest absolute Gasteiger partial charge is 0.465 e. The molecule has 28 heavy (non-hydrogen) atoms. The van der Waals surface area contributed by atoms with Crippen LogP contribution in [0, 0.1) is 17.0 Å². The van der Waals surface area contributed by atoms with Gasteiger partial charge in [-0.2, -0.15) is 0 Å². The molecule has 0 aliphatic rings. The molecule has 0 amide bonds. The maximum absolute atomic E-state index is 11.8. The third-order valence-corrected chi connectivity index (χ3v) is 4.93. The summed E-state index contributed by atoms with van der Waals surface area (Å²) in [5.41, 5.74) is 3.36. The molecule has 0 spiro atoms. The number of imidazole rings is 1. The second-order valence-corrected chi connectivity index (χ2v) is 6.94. The van der Waals surface area contributed by atoms with E-state index < -0.39 is 4.92 Å². The molecule has 144 valence electrons. The summed E-state index contributed by atoms with van der Waals surface area (Å²) in [6, 6.07) is 14.3. The summed E-state index contributed by atoms with van der Waals surface area (Å²) in [5.74, 6) is -0.187. The number of esters is 1. The van der Waals surface area contributed by atoms with Crippen molar-refractivity contribution in [3.05, 3.63) is 70.4 Å². The lowest BCUT2D eigenvalue weighted by Crippen LogP contribution is -2.08. The second-order valence-electron chi connectivity index (χ2n) is 6.00. The van der Waals surface area contributed by atoms with Crippen LogP contribution < -0.4 is 0 Å². The second kappa shape index (κ2) is 8.71. The summed E-state index contributed by atoms with van der Waals surface area (Å²) in [6.45, 7) is 4.08. The number of non-ortho nitro benzene ring substituents is 1. The number of rotatable bonds is 7. The zero-order chi connectivity index (χ0) is 20.1. The van der Waals surface area contributed by atoms with Gasteiger partial charge in [-0.25, -0.2) is 4.98 Å². The quantitative estimate of drug-likeness (QED) is 0.254. The molecule has 0 saturated heterocycles. The molecule has 0 unspecified atom stereocenters. The van der Waals surface area contributed by atoms with E-state index in [1.54, 1.807) is 25.3 Å². The summed E-state index contributed by atoms with van der Waals surface area (Å²) in [4.78, 5) is 26.9. The van der Waals surface area contributed by atoms with Crippen LogP contribution in [-0.4, -0.2) is 32.8 Å². The number of hydrogen-bond acceptors (Lipinski definition) is 6. The third-order valence-electron chi connectivity index (χ3n) is 4.00. The minimum absolute atomic E-state index is 0.00915. The summed E-state index contributed by atoms with van der Waals surface area (Å²) in [7, 11) is 0. The van der Waals surface area contributed by atoms with Crippen molar-refractivity contribution in [1.29, 1.82) is 0 Å². The van der Waals surface area contributed by atoms with Crippen LogP contribution in [0.1, 0.15) is 12.5 Å². The Balaban J connectivity index is 2.05. The van der Waals surface area contributed by atoms with Crippen molar-refractivity contribution < 1.29 is 14.5 Å². The average Bonchev–Trinajstić information content (AvgIpc) is 3.11. The minimum Gasteiger partial charge on any atom is -0.465 e. The number of nitro groups is 1. The Morgan fingerprint density at radius 2 is 2.00 bits per heavy atom. The smallest absolute Gasteiger partial charge is 0.316 e. The van der Waals surface area contributed by atoms with E-state index in [-0.39, 0.29) is 17.4 Å². The van der Waals surface area contributed by atoms with Gasteiger partial charge in [-0.05, 0) is 26.0 Å². The fourth-order valence-corrected chi connectivity index (χ4v) is 3.48. The first-order valence-electron chi connectivity index (χ1n) is 8.67. The summed E-state index contributed by atoms with van der Waals surface area (Å²) in [6.07, 6.45) is 1.66. The van der Waals surface area contributed by atoms with E-state index in [0.29, 0.717) is 23.0 Å². The maximum Gasteiger partial charge on any atom is 0.316 e. The minimum atomic E-state index is -0.424. The number of nitrogens with zero attached hydrogens (tertiary/aromatic N) is 3. The molecule has 1 aromatic heterocycles. The average molecular weight is 397 g/mol. The number of benzene rings is 2. The van der Waals surface area contributed by atoms with Crippen LogP contribution >= 0.6 is 11.8 Å². The van der Waals surface area contributed by atoms with Crippen LogP contribution in [-0.2, 0) is 9.53 Å². The number of ether oxygens (including phenoxy) is 1. The zero-order valence-electron chi connectivity index (χ0n) is 15.5. The van der Waals surface area contributed by atoms with Crippen molar-refractivity contribution in [3.8, 4) is 16.9 Å². The lowest BCUT2D eigenvalue weighted by molar-refractivity contribution is -0.384. The molecule has 0 fully saturated rings. The van der Waals surface area contributed by atoms with Crippen LogP contribution in [0.4, 0.5) is 5.69 Å². The SMILES string of the molecule is CCOC(=O)CSc1ncc(-c2cccc([N+](=O)[O-])c2)n1-c1ccc(C)cc1. The Labute approximate surface area is 166 Å². The zero-order valence-corrected chi connectivity index (χ0v) is 16.3. The monoisotopic (exact) mass is 397 g/mol. The predicted molar refractivity (Wildman–Crippen MR) is 108 cm³/mol. The molecule has 0 atom stereocenters. The van der Waals surface area contributed by atoms with Crippen molar-refractivity contribution >= 4 is 23.4 Å². The van der Waals surface area contributed by atoms with Crippen molar-refractivity contribution in [2.45, 2.75) is 19.0 Å². The number of carbonyl (C=O) groups is 1. The third kappa shape index (κ3) is 4.40. The highest BCUT2D eigenvalue weighted by Crippen LogP contribution is 2.31. The van der Waals surface area contributed by atoms with E-state index in [2.05, 4.69) is 4.98 Å². The standard InChI is InChI=1S/C20H19N3O4S/c1-3-27-19(24)13-28-20-21-12-18(15-5-4-6-17(11-15)23(25)26)22(20)16-9-7-14(2)8-10-16/h4-12H,3,13H2,1-2H3. The van der Waals surface area contributed by atoms with Gasteiger partial charge in [0.1, 0.15) is 0 Å². The first kappa shape index (κ1) is 19.6. The van der Waals surface area contributed by atoms with Gasteiger partial charge >= 0.3 is 5.97 Å². The van der Waals surface area contributed by atoms with Gasteiger partial charge in [-0.15, -0.1) is 0 Å². The summed E-state index contributed by atoms with van der Waals surface area (Å²) < 4.78 is 6.88. The molecule has 3 rings (SSSR count). The molecule has 3 aromatic rings. The van der Waals surface area contributed by atoms with Crippen LogP contribution in [0.5, 0.6) is 0 Å². The van der Waals surface area contributed by atoms with E-state index in [9.17, 15) is 14.9 Å². The fourth-order valence-electron chi connectivity index (χ4n) is 2.69. The topological polar surface area (TPSA) is 87.3 Å². The highest BCUT2D eigenvalue weighted by molar-refractivity contribution is 7.99. The molecular formula is C20H19N3O4S. The highest BCUT2D eigenvalue weighted by atomic mass is 32.2. The van der Waals surface area contributed by atoms with E-state index in [1.165, 1.54) is 23.9 Å². The van der Waals surface area contributed by atoms with Gasteiger partial charge in [-0.3, -0.25) is 19.5 Å². The van der Waals surface area contributed by atoms with Gasteiger partial charge in [0.2, 0.25) is 0 Å². The molecule has 2 aromatic carbocycles. The Morgan fingerprint density at radius 3 is 2.68 bits per heavy atom. The Bertz CT molecular complexity index is 999. The molecular weight excluding hydrogens is 378 g/mol. The molecule has 0 saturated carbocycles. The summed E-state index contributed by atoms with van der Waals surface area (Å²) >= 11 is 1.26. The molecule has 0 N–H and O–H groups in total. The lowest BCUT2D eigenvalue weighted by atomic mass is 10.1. The van der Waals surface area contributed by atoms with Gasteiger partial charge in [-0.1, -0.05) is 41.6 Å². The molecule has 8 heteroatoms. The van der Waals surface area contributed by atoms with Gasteiger partial charge in [0.25, 0.3) is 5.69 Å². The van der Waals surface area contributed by atoms with Crippen LogP contribution in [0.3, 0.4) is 0 Å². The number of thioether (sulfide) groups is 1. The highest BCUT2D eigenvalue weighted by Gasteiger charge is 2.17. The number of carbonyl (C=O) groups excluding carboxylic acids is 1. The van der Waals surface area contributed by atoms with Crippen LogP contribution in [0.2, 0.25) is 0 Å².